The Hall–Kier alpha value is -3.85. The minimum atomic E-state index is -1.07. The first-order valence-corrected chi connectivity index (χ1v) is 12.2. The van der Waals surface area contributed by atoms with Gasteiger partial charge in [0.15, 0.2) is 0 Å². The van der Waals surface area contributed by atoms with Crippen LogP contribution >= 0.6 is 11.3 Å². The molecule has 2 heterocycles. The topological polar surface area (TPSA) is 99.7 Å². The van der Waals surface area contributed by atoms with Gasteiger partial charge in [-0.2, -0.15) is 0 Å². The van der Waals surface area contributed by atoms with E-state index in [0.717, 1.165) is 11.1 Å². The molecule has 1 saturated heterocycles. The fourth-order valence-electron chi connectivity index (χ4n) is 4.10. The van der Waals surface area contributed by atoms with E-state index in [2.05, 4.69) is 10.3 Å². The minimum Gasteiger partial charge on any atom is -0.344 e. The van der Waals surface area contributed by atoms with E-state index in [1.807, 2.05) is 60.7 Å². The van der Waals surface area contributed by atoms with Crippen LogP contribution in [0.3, 0.4) is 0 Å². The summed E-state index contributed by atoms with van der Waals surface area (Å²) in [6, 6.07) is 16.9. The van der Waals surface area contributed by atoms with Gasteiger partial charge in [-0.3, -0.25) is 29.1 Å². The van der Waals surface area contributed by atoms with Crippen LogP contribution in [0.5, 0.6) is 0 Å². The second-order valence-corrected chi connectivity index (χ2v) is 9.25. The molecule has 0 aliphatic carbocycles. The first-order chi connectivity index (χ1) is 16.9. The van der Waals surface area contributed by atoms with Crippen LogP contribution in [-0.4, -0.2) is 52.5 Å². The van der Waals surface area contributed by atoms with Crippen molar-refractivity contribution in [1.82, 2.24) is 15.2 Å². The molecule has 3 amide bonds. The molecule has 0 radical (unpaired) electrons. The second kappa shape index (κ2) is 11.1. The summed E-state index contributed by atoms with van der Waals surface area (Å²) in [5, 5.41) is 3.31. The molecular weight excluding hydrogens is 464 g/mol. The standard InChI is InChI=1S/C26H26N4O4S/c1-29(23-15-27-17-35-23)26(34)24(32)20(14-18-8-4-2-5-9-18)28-25(33)21-12-13-22(31)30(21)16-19-10-6-3-7-11-19/h2-11,15,17,20-21H,12-14,16H2,1H3,(H,28,33)/t20?,21-/m0/s1. The summed E-state index contributed by atoms with van der Waals surface area (Å²) >= 11 is 1.24. The van der Waals surface area contributed by atoms with Crippen LogP contribution in [0.25, 0.3) is 0 Å². The van der Waals surface area contributed by atoms with E-state index in [4.69, 9.17) is 0 Å². The van der Waals surface area contributed by atoms with Gasteiger partial charge in [0.2, 0.25) is 17.6 Å². The normalized spacial score (nSPS) is 16.1. The number of thiazole rings is 1. The third kappa shape index (κ3) is 5.81. The first-order valence-electron chi connectivity index (χ1n) is 11.3. The Morgan fingerprint density at radius 2 is 1.74 bits per heavy atom. The number of hydrogen-bond acceptors (Lipinski definition) is 6. The van der Waals surface area contributed by atoms with Gasteiger partial charge in [0.05, 0.1) is 11.7 Å². The molecule has 1 unspecified atom stereocenters. The molecule has 4 rings (SSSR count). The Bertz CT molecular complexity index is 1180. The van der Waals surface area contributed by atoms with Gasteiger partial charge >= 0.3 is 0 Å². The maximum atomic E-state index is 13.3. The smallest absolute Gasteiger partial charge is 0.296 e. The molecule has 0 saturated carbocycles. The molecule has 8 nitrogen and oxygen atoms in total. The van der Waals surface area contributed by atoms with Crippen LogP contribution in [0.1, 0.15) is 24.0 Å². The lowest BCUT2D eigenvalue weighted by Gasteiger charge is -2.27. The highest BCUT2D eigenvalue weighted by Gasteiger charge is 2.38. The molecule has 1 N–H and O–H groups in total. The van der Waals surface area contributed by atoms with E-state index in [-0.39, 0.29) is 18.7 Å². The van der Waals surface area contributed by atoms with Crippen LogP contribution in [0.15, 0.2) is 72.4 Å². The summed E-state index contributed by atoms with van der Waals surface area (Å²) in [4.78, 5) is 58.9. The first kappa shape index (κ1) is 24.3. The van der Waals surface area contributed by atoms with Gasteiger partial charge in [-0.25, -0.2) is 0 Å². The van der Waals surface area contributed by atoms with Gasteiger partial charge in [-0.05, 0) is 17.5 Å². The van der Waals surface area contributed by atoms with Crippen molar-refractivity contribution in [1.29, 1.82) is 0 Å². The minimum absolute atomic E-state index is 0.110. The fraction of sp³-hybridized carbons (Fsp3) is 0.269. The number of ketones is 1. The van der Waals surface area contributed by atoms with Crippen LogP contribution in [0, 0.1) is 0 Å². The van der Waals surface area contributed by atoms with Gasteiger partial charge in [-0.1, -0.05) is 60.7 Å². The van der Waals surface area contributed by atoms with E-state index in [9.17, 15) is 19.2 Å². The van der Waals surface area contributed by atoms with Gasteiger partial charge < -0.3 is 10.2 Å². The predicted octanol–water partition coefficient (Wildman–Crippen LogP) is 2.59. The van der Waals surface area contributed by atoms with Crippen molar-refractivity contribution in [3.05, 3.63) is 83.5 Å². The maximum Gasteiger partial charge on any atom is 0.296 e. The number of amides is 3. The molecule has 0 spiro atoms. The zero-order valence-electron chi connectivity index (χ0n) is 19.3. The van der Waals surface area contributed by atoms with Crippen molar-refractivity contribution in [2.45, 2.75) is 37.9 Å². The third-order valence-electron chi connectivity index (χ3n) is 6.01. The average molecular weight is 491 g/mol. The van der Waals surface area contributed by atoms with Crippen LogP contribution in [0.4, 0.5) is 5.00 Å². The summed E-state index contributed by atoms with van der Waals surface area (Å²) in [6.45, 7) is 0.308. The molecule has 3 aromatic rings. The zero-order chi connectivity index (χ0) is 24.8. The van der Waals surface area contributed by atoms with E-state index in [1.54, 1.807) is 10.4 Å². The molecule has 180 valence electrons. The van der Waals surface area contributed by atoms with Crippen LogP contribution < -0.4 is 10.2 Å². The van der Waals surface area contributed by atoms with E-state index >= 15 is 0 Å². The highest BCUT2D eigenvalue weighted by Crippen LogP contribution is 2.23. The predicted molar refractivity (Wildman–Crippen MR) is 133 cm³/mol. The highest BCUT2D eigenvalue weighted by molar-refractivity contribution is 7.14. The van der Waals surface area contributed by atoms with E-state index in [0.29, 0.717) is 18.0 Å². The number of hydrogen-bond donors (Lipinski definition) is 1. The van der Waals surface area contributed by atoms with Crippen molar-refractivity contribution in [3.63, 3.8) is 0 Å². The van der Waals surface area contributed by atoms with Crippen molar-refractivity contribution in [2.75, 3.05) is 11.9 Å². The molecule has 1 fully saturated rings. The summed E-state index contributed by atoms with van der Waals surface area (Å²) in [5.74, 6) is -2.01. The molecular formula is C26H26N4O4S. The zero-order valence-corrected chi connectivity index (χ0v) is 20.1. The quantitative estimate of drug-likeness (QED) is 0.465. The highest BCUT2D eigenvalue weighted by atomic mass is 32.1. The molecule has 0 bridgehead atoms. The van der Waals surface area contributed by atoms with Gasteiger partial charge in [0.1, 0.15) is 17.1 Å². The van der Waals surface area contributed by atoms with Crippen molar-refractivity contribution >= 4 is 39.8 Å². The Labute approximate surface area is 207 Å². The lowest BCUT2D eigenvalue weighted by atomic mass is 10.0. The Balaban J connectivity index is 1.52. The average Bonchev–Trinajstić information content (AvgIpc) is 3.54. The molecule has 35 heavy (non-hydrogen) atoms. The summed E-state index contributed by atoms with van der Waals surface area (Å²) in [6.07, 6.45) is 2.28. The molecule has 1 aromatic heterocycles. The number of aromatic nitrogens is 1. The van der Waals surface area contributed by atoms with Gasteiger partial charge in [0.25, 0.3) is 5.91 Å². The molecule has 2 atom stereocenters. The fourth-order valence-corrected chi connectivity index (χ4v) is 4.69. The third-order valence-corrected chi connectivity index (χ3v) is 6.86. The van der Waals surface area contributed by atoms with Crippen LogP contribution in [-0.2, 0) is 32.1 Å². The lowest BCUT2D eigenvalue weighted by molar-refractivity contribution is -0.140. The Morgan fingerprint density at radius 1 is 1.09 bits per heavy atom. The number of likely N-dealkylation sites (tertiary alicyclic amines) is 1. The van der Waals surface area contributed by atoms with Gasteiger partial charge in [0, 0.05) is 26.4 Å². The SMILES string of the molecule is CN(C(=O)C(=O)C(Cc1ccccc1)NC(=O)[C@@H]1CCC(=O)N1Cc1ccccc1)c1cncs1. The number of Topliss-reactive ketones (excluding diaryl/α,β-unsaturated/α-hetero) is 1. The Kier molecular flexibility index (Phi) is 7.67. The number of nitrogens with zero attached hydrogens (tertiary/aromatic N) is 3. The number of carbonyl (C=O) groups is 4. The largest absolute Gasteiger partial charge is 0.344 e. The second-order valence-electron chi connectivity index (χ2n) is 8.38. The van der Waals surface area contributed by atoms with Crippen molar-refractivity contribution < 1.29 is 19.2 Å². The number of benzene rings is 2. The van der Waals surface area contributed by atoms with Crippen LogP contribution in [0.2, 0.25) is 0 Å². The molecule has 1 aliphatic rings. The summed E-state index contributed by atoms with van der Waals surface area (Å²) in [7, 11) is 1.51. The van der Waals surface area contributed by atoms with Crippen molar-refractivity contribution in [3.8, 4) is 0 Å². The summed E-state index contributed by atoms with van der Waals surface area (Å²) in [5.41, 5.74) is 3.30. The molecule has 9 heteroatoms. The monoisotopic (exact) mass is 490 g/mol. The van der Waals surface area contributed by atoms with E-state index in [1.165, 1.54) is 29.5 Å². The maximum absolute atomic E-state index is 13.3. The number of rotatable bonds is 9. The van der Waals surface area contributed by atoms with E-state index < -0.39 is 29.7 Å². The lowest BCUT2D eigenvalue weighted by Crippen LogP contribution is -2.53. The number of likely N-dealkylation sites (N-methyl/N-ethyl adjacent to an activating group) is 1. The molecule has 1 aliphatic heterocycles. The molecule has 2 aromatic carbocycles. The summed E-state index contributed by atoms with van der Waals surface area (Å²) < 4.78 is 0. The number of carbonyl (C=O) groups excluding carboxylic acids is 4. The van der Waals surface area contributed by atoms with Gasteiger partial charge in [-0.15, -0.1) is 11.3 Å². The Morgan fingerprint density at radius 3 is 2.37 bits per heavy atom. The number of anilines is 1. The van der Waals surface area contributed by atoms with Crippen molar-refractivity contribution in [2.24, 2.45) is 0 Å². The number of nitrogens with one attached hydrogen (secondary N) is 1.